The second-order valence-corrected chi connectivity index (χ2v) is 5.19. The second-order valence-electron chi connectivity index (χ2n) is 5.19. The van der Waals surface area contributed by atoms with Crippen LogP contribution in [0.3, 0.4) is 0 Å². The van der Waals surface area contributed by atoms with Crippen LogP contribution < -0.4 is 5.73 Å². The number of nitrogens with two attached hydrogens (primary N) is 1. The molecule has 1 aliphatic heterocycles. The number of rotatable bonds is 4. The van der Waals surface area contributed by atoms with Crippen LogP contribution in [-0.4, -0.2) is 24.0 Å². The van der Waals surface area contributed by atoms with Crippen molar-refractivity contribution in [2.75, 3.05) is 13.1 Å². The molecule has 0 spiro atoms. The van der Waals surface area contributed by atoms with Gasteiger partial charge in [0.25, 0.3) is 0 Å². The fourth-order valence-electron chi connectivity index (χ4n) is 2.62. The first-order chi connectivity index (χ1) is 8.20. The molecule has 2 N–H and O–H groups in total. The number of nitrogens with zero attached hydrogens (tertiary/aromatic N) is 1. The minimum Gasteiger partial charge on any atom is -0.323 e. The largest absolute Gasteiger partial charge is 0.323 e. The first kappa shape index (κ1) is 12.6. The van der Waals surface area contributed by atoms with Gasteiger partial charge in [0.15, 0.2) is 0 Å². The lowest BCUT2D eigenvalue weighted by Gasteiger charge is -2.25. The van der Waals surface area contributed by atoms with Gasteiger partial charge in [-0.3, -0.25) is 4.90 Å². The number of likely N-dealkylation sites (tertiary alicyclic amines) is 1. The van der Waals surface area contributed by atoms with E-state index in [1.807, 2.05) is 0 Å². The molecule has 2 rings (SSSR count). The molecule has 0 bridgehead atoms. The molecule has 0 radical (unpaired) electrons. The summed E-state index contributed by atoms with van der Waals surface area (Å²) in [6.45, 7) is 6.69. The van der Waals surface area contributed by atoms with E-state index in [-0.39, 0.29) is 6.04 Å². The molecule has 2 heteroatoms. The summed E-state index contributed by atoms with van der Waals surface area (Å²) in [5.74, 6) is 0. The average Bonchev–Trinajstić information content (AvgIpc) is 2.75. The Morgan fingerprint density at radius 1 is 1.35 bits per heavy atom. The van der Waals surface area contributed by atoms with Gasteiger partial charge >= 0.3 is 0 Å². The smallest absolute Gasteiger partial charge is 0.0424 e. The van der Waals surface area contributed by atoms with Crippen molar-refractivity contribution in [3.8, 4) is 0 Å². The Balaban J connectivity index is 1.96. The van der Waals surface area contributed by atoms with E-state index < -0.39 is 0 Å². The van der Waals surface area contributed by atoms with Crippen molar-refractivity contribution in [3.05, 3.63) is 35.4 Å². The molecular weight excluding hydrogens is 208 g/mol. The van der Waals surface area contributed by atoms with Gasteiger partial charge in [-0.25, -0.2) is 0 Å². The van der Waals surface area contributed by atoms with Gasteiger partial charge in [-0.05, 0) is 43.9 Å². The quantitative estimate of drug-likeness (QED) is 0.865. The van der Waals surface area contributed by atoms with Crippen LogP contribution in [0, 0.1) is 0 Å². The third kappa shape index (κ3) is 3.08. The third-order valence-corrected chi connectivity index (χ3v) is 3.94. The maximum absolute atomic E-state index is 6.29. The fourth-order valence-corrected chi connectivity index (χ4v) is 2.62. The van der Waals surface area contributed by atoms with Crippen molar-refractivity contribution in [1.82, 2.24) is 4.90 Å². The zero-order valence-corrected chi connectivity index (χ0v) is 11.0. The first-order valence-electron chi connectivity index (χ1n) is 6.79. The molecule has 0 amide bonds. The molecule has 17 heavy (non-hydrogen) atoms. The molecule has 1 aliphatic rings. The van der Waals surface area contributed by atoms with Crippen molar-refractivity contribution in [1.29, 1.82) is 0 Å². The highest BCUT2D eigenvalue weighted by atomic mass is 15.2. The van der Waals surface area contributed by atoms with Crippen LogP contribution in [0.25, 0.3) is 0 Å². The summed E-state index contributed by atoms with van der Waals surface area (Å²) in [4.78, 5) is 2.51. The van der Waals surface area contributed by atoms with Gasteiger partial charge < -0.3 is 5.73 Å². The highest BCUT2D eigenvalue weighted by Gasteiger charge is 2.22. The Kier molecular flexibility index (Phi) is 4.19. The summed E-state index contributed by atoms with van der Waals surface area (Å²) in [5.41, 5.74) is 8.94. The lowest BCUT2D eigenvalue weighted by Crippen LogP contribution is -2.34. The monoisotopic (exact) mass is 232 g/mol. The van der Waals surface area contributed by atoms with E-state index in [2.05, 4.69) is 43.0 Å². The number of hydrogen-bond donors (Lipinski definition) is 1. The summed E-state index contributed by atoms with van der Waals surface area (Å²) < 4.78 is 0. The van der Waals surface area contributed by atoms with Crippen LogP contribution in [0.1, 0.15) is 43.9 Å². The van der Waals surface area contributed by atoms with Crippen LogP contribution in [0.2, 0.25) is 0 Å². The van der Waals surface area contributed by atoms with Gasteiger partial charge in [0.2, 0.25) is 0 Å². The Bertz CT molecular complexity index is 344. The van der Waals surface area contributed by atoms with E-state index in [9.17, 15) is 0 Å². The van der Waals surface area contributed by atoms with Gasteiger partial charge in [0.05, 0.1) is 0 Å². The molecule has 1 heterocycles. The predicted molar refractivity (Wildman–Crippen MR) is 73.0 cm³/mol. The zero-order chi connectivity index (χ0) is 12.3. The fraction of sp³-hybridized carbons (Fsp3) is 0.600. The Morgan fingerprint density at radius 2 is 2.06 bits per heavy atom. The normalized spacial score (nSPS) is 22.9. The molecule has 1 aromatic carbocycles. The van der Waals surface area contributed by atoms with E-state index in [4.69, 9.17) is 5.73 Å². The Hall–Kier alpha value is -0.860. The van der Waals surface area contributed by atoms with Crippen molar-refractivity contribution >= 4 is 0 Å². The van der Waals surface area contributed by atoms with Crippen LogP contribution in [0.4, 0.5) is 0 Å². The maximum atomic E-state index is 6.29. The SMILES string of the molecule is CCc1ccc(C(N)CN2CCCC2C)cc1. The van der Waals surface area contributed by atoms with E-state index >= 15 is 0 Å². The lowest BCUT2D eigenvalue weighted by atomic mass is 10.0. The minimum absolute atomic E-state index is 0.154. The molecule has 2 atom stereocenters. The highest BCUT2D eigenvalue weighted by molar-refractivity contribution is 5.25. The van der Waals surface area contributed by atoms with Crippen molar-refractivity contribution in [2.24, 2.45) is 5.73 Å². The lowest BCUT2D eigenvalue weighted by molar-refractivity contribution is 0.252. The molecular formula is C15H24N2. The first-order valence-corrected chi connectivity index (χ1v) is 6.79. The van der Waals surface area contributed by atoms with E-state index in [0.717, 1.165) is 13.0 Å². The van der Waals surface area contributed by atoms with Gasteiger partial charge in [-0.15, -0.1) is 0 Å². The van der Waals surface area contributed by atoms with Crippen molar-refractivity contribution < 1.29 is 0 Å². The number of aryl methyl sites for hydroxylation is 1. The van der Waals surface area contributed by atoms with Gasteiger partial charge in [0.1, 0.15) is 0 Å². The van der Waals surface area contributed by atoms with Crippen molar-refractivity contribution in [2.45, 2.75) is 45.2 Å². The van der Waals surface area contributed by atoms with E-state index in [1.54, 1.807) is 0 Å². The second kappa shape index (κ2) is 5.65. The Morgan fingerprint density at radius 3 is 2.59 bits per heavy atom. The van der Waals surface area contributed by atoms with Gasteiger partial charge in [-0.1, -0.05) is 31.2 Å². The molecule has 0 saturated carbocycles. The van der Waals surface area contributed by atoms with E-state index in [1.165, 1.54) is 30.5 Å². The predicted octanol–water partition coefficient (Wildman–Crippen LogP) is 2.73. The van der Waals surface area contributed by atoms with Crippen molar-refractivity contribution in [3.63, 3.8) is 0 Å². The molecule has 1 saturated heterocycles. The maximum Gasteiger partial charge on any atom is 0.0424 e. The summed E-state index contributed by atoms with van der Waals surface area (Å²) in [5, 5.41) is 0. The average molecular weight is 232 g/mol. The molecule has 2 nitrogen and oxygen atoms in total. The topological polar surface area (TPSA) is 29.3 Å². The molecule has 2 unspecified atom stereocenters. The molecule has 94 valence electrons. The minimum atomic E-state index is 0.154. The summed E-state index contributed by atoms with van der Waals surface area (Å²) in [6, 6.07) is 9.62. The highest BCUT2D eigenvalue weighted by Crippen LogP contribution is 2.20. The van der Waals surface area contributed by atoms with Crippen LogP contribution >= 0.6 is 0 Å². The molecule has 1 aromatic rings. The molecule has 1 fully saturated rings. The summed E-state index contributed by atoms with van der Waals surface area (Å²) in [7, 11) is 0. The Labute approximate surface area is 105 Å². The summed E-state index contributed by atoms with van der Waals surface area (Å²) in [6.07, 6.45) is 3.74. The number of benzene rings is 1. The number of hydrogen-bond acceptors (Lipinski definition) is 2. The standard InChI is InChI=1S/C15H24N2/c1-3-13-6-8-14(9-7-13)15(16)11-17-10-4-5-12(17)2/h6-9,12,15H,3-5,10-11,16H2,1-2H3. The molecule has 0 aliphatic carbocycles. The van der Waals surface area contributed by atoms with Gasteiger partial charge in [0, 0.05) is 18.6 Å². The van der Waals surface area contributed by atoms with Crippen LogP contribution in [0.15, 0.2) is 24.3 Å². The van der Waals surface area contributed by atoms with E-state index in [0.29, 0.717) is 6.04 Å². The molecule has 0 aromatic heterocycles. The van der Waals surface area contributed by atoms with Gasteiger partial charge in [-0.2, -0.15) is 0 Å². The summed E-state index contributed by atoms with van der Waals surface area (Å²) >= 11 is 0. The third-order valence-electron chi connectivity index (χ3n) is 3.94. The van der Waals surface area contributed by atoms with Crippen LogP contribution in [-0.2, 0) is 6.42 Å². The van der Waals surface area contributed by atoms with Crippen LogP contribution in [0.5, 0.6) is 0 Å². The zero-order valence-electron chi connectivity index (χ0n) is 11.0.